The SMILES string of the molecule is CCC(C)(CN)NC(=O)c1ccc2ccccc2n1. The highest BCUT2D eigenvalue weighted by molar-refractivity contribution is 5.95. The van der Waals surface area contributed by atoms with Crippen molar-refractivity contribution in [2.24, 2.45) is 5.73 Å². The Kier molecular flexibility index (Phi) is 3.81. The molecule has 2 aromatic rings. The molecule has 1 aromatic heterocycles. The van der Waals surface area contributed by atoms with Gasteiger partial charge in [-0.1, -0.05) is 31.2 Å². The Morgan fingerprint density at radius 1 is 1.32 bits per heavy atom. The van der Waals surface area contributed by atoms with Crippen molar-refractivity contribution in [2.45, 2.75) is 25.8 Å². The molecule has 0 radical (unpaired) electrons. The highest BCUT2D eigenvalue weighted by Crippen LogP contribution is 2.13. The van der Waals surface area contributed by atoms with Gasteiger partial charge in [0.1, 0.15) is 5.69 Å². The smallest absolute Gasteiger partial charge is 0.270 e. The number of fused-ring (bicyclic) bond motifs is 1. The van der Waals surface area contributed by atoms with Crippen LogP contribution in [0, 0.1) is 0 Å². The average Bonchev–Trinajstić information content (AvgIpc) is 2.46. The highest BCUT2D eigenvalue weighted by atomic mass is 16.2. The number of carbonyl (C=O) groups is 1. The Bertz CT molecular complexity index is 591. The molecule has 100 valence electrons. The molecular formula is C15H19N3O. The van der Waals surface area contributed by atoms with Crippen LogP contribution in [0.4, 0.5) is 0 Å². The fraction of sp³-hybridized carbons (Fsp3) is 0.333. The molecule has 4 heteroatoms. The molecule has 19 heavy (non-hydrogen) atoms. The average molecular weight is 257 g/mol. The molecule has 4 nitrogen and oxygen atoms in total. The molecule has 0 saturated heterocycles. The maximum Gasteiger partial charge on any atom is 0.270 e. The zero-order valence-corrected chi connectivity index (χ0v) is 11.3. The normalized spacial score (nSPS) is 14.1. The summed E-state index contributed by atoms with van der Waals surface area (Å²) in [5, 5.41) is 3.97. The van der Waals surface area contributed by atoms with Crippen molar-refractivity contribution in [3.63, 3.8) is 0 Å². The summed E-state index contributed by atoms with van der Waals surface area (Å²) in [4.78, 5) is 16.6. The van der Waals surface area contributed by atoms with E-state index in [0.29, 0.717) is 12.2 Å². The van der Waals surface area contributed by atoms with E-state index in [1.165, 1.54) is 0 Å². The van der Waals surface area contributed by atoms with E-state index >= 15 is 0 Å². The van der Waals surface area contributed by atoms with Gasteiger partial charge in [-0.15, -0.1) is 0 Å². The van der Waals surface area contributed by atoms with Gasteiger partial charge in [-0.2, -0.15) is 0 Å². The molecular weight excluding hydrogens is 238 g/mol. The van der Waals surface area contributed by atoms with Crippen LogP contribution in [-0.2, 0) is 0 Å². The Hall–Kier alpha value is -1.94. The van der Waals surface area contributed by atoms with Crippen LogP contribution in [0.5, 0.6) is 0 Å². The predicted octanol–water partition coefficient (Wildman–Crippen LogP) is 2.09. The van der Waals surface area contributed by atoms with Crippen LogP contribution in [0.3, 0.4) is 0 Å². The Morgan fingerprint density at radius 2 is 2.05 bits per heavy atom. The second-order valence-corrected chi connectivity index (χ2v) is 4.96. The lowest BCUT2D eigenvalue weighted by Gasteiger charge is -2.27. The molecule has 3 N–H and O–H groups in total. The quantitative estimate of drug-likeness (QED) is 0.881. The zero-order chi connectivity index (χ0) is 13.9. The van der Waals surface area contributed by atoms with Crippen molar-refractivity contribution in [1.82, 2.24) is 10.3 Å². The second-order valence-electron chi connectivity index (χ2n) is 4.96. The van der Waals surface area contributed by atoms with Crippen molar-refractivity contribution >= 4 is 16.8 Å². The number of benzene rings is 1. The molecule has 0 fully saturated rings. The van der Waals surface area contributed by atoms with Crippen molar-refractivity contribution in [2.75, 3.05) is 6.54 Å². The minimum Gasteiger partial charge on any atom is -0.344 e. The Balaban J connectivity index is 2.26. The highest BCUT2D eigenvalue weighted by Gasteiger charge is 2.23. The van der Waals surface area contributed by atoms with Crippen LogP contribution in [0.2, 0.25) is 0 Å². The van der Waals surface area contributed by atoms with Gasteiger partial charge < -0.3 is 11.1 Å². The zero-order valence-electron chi connectivity index (χ0n) is 11.3. The van der Waals surface area contributed by atoms with Gasteiger partial charge >= 0.3 is 0 Å². The summed E-state index contributed by atoms with van der Waals surface area (Å²) in [6, 6.07) is 11.4. The largest absolute Gasteiger partial charge is 0.344 e. The maximum atomic E-state index is 12.2. The molecule has 0 saturated carbocycles. The number of nitrogens with zero attached hydrogens (tertiary/aromatic N) is 1. The second kappa shape index (κ2) is 5.36. The first-order valence-corrected chi connectivity index (χ1v) is 6.46. The van der Waals surface area contributed by atoms with Gasteiger partial charge in [0.25, 0.3) is 5.91 Å². The monoisotopic (exact) mass is 257 g/mol. The Labute approximate surface area is 113 Å². The maximum absolute atomic E-state index is 12.2. The van der Waals surface area contributed by atoms with Crippen LogP contribution < -0.4 is 11.1 Å². The van der Waals surface area contributed by atoms with Crippen molar-refractivity contribution in [3.8, 4) is 0 Å². The molecule has 0 spiro atoms. The summed E-state index contributed by atoms with van der Waals surface area (Å²) < 4.78 is 0. The van der Waals surface area contributed by atoms with Crippen LogP contribution >= 0.6 is 0 Å². The topological polar surface area (TPSA) is 68.0 Å². The molecule has 1 amide bonds. The number of hydrogen-bond donors (Lipinski definition) is 2. The van der Waals surface area contributed by atoms with E-state index in [1.807, 2.05) is 44.2 Å². The number of para-hydroxylation sites is 1. The van der Waals surface area contributed by atoms with Crippen molar-refractivity contribution in [1.29, 1.82) is 0 Å². The number of pyridine rings is 1. The molecule has 1 atom stereocenters. The van der Waals surface area contributed by atoms with E-state index < -0.39 is 0 Å². The standard InChI is InChI=1S/C15H19N3O/c1-3-15(2,10-16)18-14(19)13-9-8-11-6-4-5-7-12(11)17-13/h4-9H,3,10,16H2,1-2H3,(H,18,19). The molecule has 0 bridgehead atoms. The number of amides is 1. The summed E-state index contributed by atoms with van der Waals surface area (Å²) >= 11 is 0. The minimum absolute atomic E-state index is 0.180. The van der Waals surface area contributed by atoms with Gasteiger partial charge in [-0.3, -0.25) is 4.79 Å². The number of aromatic nitrogens is 1. The molecule has 1 unspecified atom stereocenters. The first kappa shape index (κ1) is 13.5. The third-order valence-corrected chi connectivity index (χ3v) is 3.48. The van der Waals surface area contributed by atoms with Gasteiger partial charge in [0.15, 0.2) is 0 Å². The first-order valence-electron chi connectivity index (χ1n) is 6.46. The van der Waals surface area contributed by atoms with E-state index in [4.69, 9.17) is 5.73 Å². The Morgan fingerprint density at radius 3 is 2.74 bits per heavy atom. The van der Waals surface area contributed by atoms with Gasteiger partial charge in [0.2, 0.25) is 0 Å². The van der Waals surface area contributed by atoms with Crippen LogP contribution in [-0.4, -0.2) is 23.0 Å². The number of rotatable bonds is 4. The van der Waals surface area contributed by atoms with Gasteiger partial charge in [-0.05, 0) is 25.5 Å². The van der Waals surface area contributed by atoms with Crippen molar-refractivity contribution in [3.05, 3.63) is 42.1 Å². The first-order chi connectivity index (χ1) is 9.08. The molecule has 0 aliphatic carbocycles. The third-order valence-electron chi connectivity index (χ3n) is 3.48. The van der Waals surface area contributed by atoms with Gasteiger partial charge in [0.05, 0.1) is 5.52 Å². The van der Waals surface area contributed by atoms with Crippen LogP contribution in [0.1, 0.15) is 30.8 Å². The van der Waals surface area contributed by atoms with E-state index in [0.717, 1.165) is 17.3 Å². The van der Waals surface area contributed by atoms with E-state index in [-0.39, 0.29) is 11.4 Å². The lowest BCUT2D eigenvalue weighted by atomic mass is 9.99. The van der Waals surface area contributed by atoms with Crippen LogP contribution in [0.15, 0.2) is 36.4 Å². The molecule has 2 rings (SSSR count). The summed E-state index contributed by atoms with van der Waals surface area (Å²) in [6.45, 7) is 4.34. The fourth-order valence-electron chi connectivity index (χ4n) is 1.81. The number of hydrogen-bond acceptors (Lipinski definition) is 3. The number of nitrogens with two attached hydrogens (primary N) is 1. The van der Waals surface area contributed by atoms with E-state index in [9.17, 15) is 4.79 Å². The van der Waals surface area contributed by atoms with Gasteiger partial charge in [0, 0.05) is 17.5 Å². The molecule has 0 aliphatic heterocycles. The fourth-order valence-corrected chi connectivity index (χ4v) is 1.81. The number of nitrogens with one attached hydrogen (secondary N) is 1. The third kappa shape index (κ3) is 2.90. The van der Waals surface area contributed by atoms with Crippen LogP contribution in [0.25, 0.3) is 10.9 Å². The lowest BCUT2D eigenvalue weighted by molar-refractivity contribution is 0.0902. The summed E-state index contributed by atoms with van der Waals surface area (Å²) in [5.74, 6) is -0.180. The van der Waals surface area contributed by atoms with E-state index in [2.05, 4.69) is 10.3 Å². The molecule has 1 heterocycles. The minimum atomic E-state index is -0.385. The van der Waals surface area contributed by atoms with E-state index in [1.54, 1.807) is 6.07 Å². The van der Waals surface area contributed by atoms with Gasteiger partial charge in [-0.25, -0.2) is 4.98 Å². The summed E-state index contributed by atoms with van der Waals surface area (Å²) in [7, 11) is 0. The predicted molar refractivity (Wildman–Crippen MR) is 77.0 cm³/mol. The molecule has 1 aromatic carbocycles. The summed E-state index contributed by atoms with van der Waals surface area (Å²) in [5.41, 5.74) is 6.56. The lowest BCUT2D eigenvalue weighted by Crippen LogP contribution is -2.51. The summed E-state index contributed by atoms with van der Waals surface area (Å²) in [6.07, 6.45) is 0.781. The molecule has 0 aliphatic rings. The number of carbonyl (C=O) groups excluding carboxylic acids is 1. The van der Waals surface area contributed by atoms with Crippen molar-refractivity contribution < 1.29 is 4.79 Å².